The number of anilines is 2. The minimum Gasteiger partial charge on any atom is -0.447 e. The molecular weight excluding hydrogens is 406 g/mol. The maximum atomic E-state index is 13.0. The van der Waals surface area contributed by atoms with Gasteiger partial charge in [0, 0.05) is 38.6 Å². The largest absolute Gasteiger partial charge is 0.447 e. The lowest BCUT2D eigenvalue weighted by Crippen LogP contribution is -2.49. The number of cyclic esters (lactones) is 1. The van der Waals surface area contributed by atoms with Gasteiger partial charge in [0.05, 0.1) is 12.1 Å². The van der Waals surface area contributed by atoms with Crippen molar-refractivity contribution >= 4 is 36.0 Å². The Labute approximate surface area is 182 Å². The molecule has 0 aliphatic carbocycles. The van der Waals surface area contributed by atoms with Crippen LogP contribution in [0.15, 0.2) is 24.5 Å². The molecule has 4 rings (SSSR count). The standard InChI is InChI=1S/C21H25N5O3.ClH/c1-14-10-16(3)19(23-12-14)24-4-6-25(7-5-24)20(27)17-13-22-18(11-15(17)2)26-8-9-29-21(26)28;/h10-13H,4-9H2,1-3H3;1H. The van der Waals surface area contributed by atoms with Gasteiger partial charge < -0.3 is 14.5 Å². The molecule has 0 saturated carbocycles. The predicted molar refractivity (Wildman–Crippen MR) is 117 cm³/mol. The Morgan fingerprint density at radius 3 is 2.30 bits per heavy atom. The highest BCUT2D eigenvalue weighted by Crippen LogP contribution is 2.22. The SMILES string of the molecule is Cc1cnc(N2CCN(C(=O)c3cnc(N4CCOC4=O)cc3C)CC2)c(C)c1.Cl. The molecule has 0 unspecified atom stereocenters. The molecule has 0 spiro atoms. The molecule has 2 fully saturated rings. The number of aromatic nitrogens is 2. The van der Waals surface area contributed by atoms with E-state index in [0.717, 1.165) is 35.6 Å². The maximum Gasteiger partial charge on any atom is 0.415 e. The molecule has 0 atom stereocenters. The van der Waals surface area contributed by atoms with Gasteiger partial charge in [-0.3, -0.25) is 9.69 Å². The van der Waals surface area contributed by atoms with Crippen LogP contribution in [0.5, 0.6) is 0 Å². The van der Waals surface area contributed by atoms with Crippen LogP contribution in [0.25, 0.3) is 0 Å². The van der Waals surface area contributed by atoms with Gasteiger partial charge in [-0.2, -0.15) is 0 Å². The van der Waals surface area contributed by atoms with Crippen LogP contribution in [0.3, 0.4) is 0 Å². The first-order chi connectivity index (χ1) is 13.9. The van der Waals surface area contributed by atoms with Crippen molar-refractivity contribution in [2.24, 2.45) is 0 Å². The zero-order valence-electron chi connectivity index (χ0n) is 17.4. The van der Waals surface area contributed by atoms with Crippen LogP contribution >= 0.6 is 12.4 Å². The Hall–Kier alpha value is -2.87. The summed E-state index contributed by atoms with van der Waals surface area (Å²) in [4.78, 5) is 39.2. The number of pyridine rings is 2. The van der Waals surface area contributed by atoms with Crippen molar-refractivity contribution < 1.29 is 14.3 Å². The van der Waals surface area contributed by atoms with Crippen LogP contribution in [0.1, 0.15) is 27.0 Å². The Balaban J connectivity index is 0.00000256. The molecule has 0 aromatic carbocycles. The number of halogens is 1. The molecule has 0 bridgehead atoms. The molecule has 9 heteroatoms. The van der Waals surface area contributed by atoms with E-state index >= 15 is 0 Å². The molecule has 4 heterocycles. The van der Waals surface area contributed by atoms with Crippen molar-refractivity contribution in [3.8, 4) is 0 Å². The zero-order chi connectivity index (χ0) is 20.5. The van der Waals surface area contributed by atoms with Gasteiger partial charge in [0.1, 0.15) is 18.2 Å². The third kappa shape index (κ3) is 4.18. The van der Waals surface area contributed by atoms with E-state index in [4.69, 9.17) is 4.74 Å². The van der Waals surface area contributed by atoms with Crippen molar-refractivity contribution in [2.45, 2.75) is 20.8 Å². The molecule has 2 saturated heterocycles. The average molecular weight is 432 g/mol. The summed E-state index contributed by atoms with van der Waals surface area (Å²) >= 11 is 0. The van der Waals surface area contributed by atoms with E-state index < -0.39 is 6.09 Å². The monoisotopic (exact) mass is 431 g/mol. The highest BCUT2D eigenvalue weighted by atomic mass is 35.5. The van der Waals surface area contributed by atoms with Gasteiger partial charge in [-0.25, -0.2) is 14.8 Å². The second-order valence-corrected chi connectivity index (χ2v) is 7.56. The number of ether oxygens (including phenoxy) is 1. The molecule has 160 valence electrons. The van der Waals surface area contributed by atoms with Gasteiger partial charge in [-0.05, 0) is 43.5 Å². The number of rotatable bonds is 3. The van der Waals surface area contributed by atoms with Gasteiger partial charge in [0.2, 0.25) is 0 Å². The summed E-state index contributed by atoms with van der Waals surface area (Å²) in [5, 5.41) is 0. The molecule has 30 heavy (non-hydrogen) atoms. The number of aryl methyl sites for hydroxylation is 3. The molecule has 0 radical (unpaired) electrons. The highest BCUT2D eigenvalue weighted by molar-refractivity contribution is 5.96. The first-order valence-corrected chi connectivity index (χ1v) is 9.82. The Morgan fingerprint density at radius 2 is 1.70 bits per heavy atom. The van der Waals surface area contributed by atoms with Crippen LogP contribution in [0.2, 0.25) is 0 Å². The van der Waals surface area contributed by atoms with Gasteiger partial charge in [0.25, 0.3) is 5.91 Å². The van der Waals surface area contributed by atoms with Crippen molar-refractivity contribution in [1.29, 1.82) is 0 Å². The van der Waals surface area contributed by atoms with Crippen molar-refractivity contribution in [3.05, 3.63) is 46.8 Å². The minimum absolute atomic E-state index is 0. The Bertz CT molecular complexity index is 960. The smallest absolute Gasteiger partial charge is 0.415 e. The average Bonchev–Trinajstić information content (AvgIpc) is 3.13. The maximum absolute atomic E-state index is 13.0. The lowest BCUT2D eigenvalue weighted by Gasteiger charge is -2.36. The van der Waals surface area contributed by atoms with Crippen LogP contribution in [0.4, 0.5) is 16.4 Å². The third-order valence-corrected chi connectivity index (χ3v) is 5.42. The summed E-state index contributed by atoms with van der Waals surface area (Å²) in [6.07, 6.45) is 3.05. The van der Waals surface area contributed by atoms with E-state index in [1.807, 2.05) is 24.9 Å². The zero-order valence-corrected chi connectivity index (χ0v) is 18.2. The van der Waals surface area contributed by atoms with Crippen LogP contribution in [0, 0.1) is 20.8 Å². The molecule has 2 aromatic heterocycles. The molecule has 8 nitrogen and oxygen atoms in total. The highest BCUT2D eigenvalue weighted by Gasteiger charge is 2.27. The van der Waals surface area contributed by atoms with Crippen LogP contribution in [-0.2, 0) is 4.74 Å². The molecule has 2 aliphatic rings. The van der Waals surface area contributed by atoms with E-state index in [1.165, 1.54) is 4.90 Å². The lowest BCUT2D eigenvalue weighted by atomic mass is 10.1. The van der Waals surface area contributed by atoms with E-state index in [2.05, 4.69) is 27.9 Å². The quantitative estimate of drug-likeness (QED) is 0.743. The number of nitrogens with zero attached hydrogens (tertiary/aromatic N) is 5. The summed E-state index contributed by atoms with van der Waals surface area (Å²) in [5.74, 6) is 1.48. The fraction of sp³-hybridized carbons (Fsp3) is 0.429. The first kappa shape index (κ1) is 21.8. The fourth-order valence-electron chi connectivity index (χ4n) is 3.85. The number of amides is 2. The molecule has 2 amide bonds. The molecule has 0 N–H and O–H groups in total. The van der Waals surface area contributed by atoms with Crippen molar-refractivity contribution in [1.82, 2.24) is 14.9 Å². The van der Waals surface area contributed by atoms with E-state index in [0.29, 0.717) is 37.6 Å². The van der Waals surface area contributed by atoms with E-state index in [-0.39, 0.29) is 18.3 Å². The summed E-state index contributed by atoms with van der Waals surface area (Å²) in [6.45, 7) is 9.57. The van der Waals surface area contributed by atoms with Gasteiger partial charge in [0.15, 0.2) is 0 Å². The summed E-state index contributed by atoms with van der Waals surface area (Å²) in [7, 11) is 0. The topological polar surface area (TPSA) is 78.9 Å². The Morgan fingerprint density at radius 1 is 0.967 bits per heavy atom. The summed E-state index contributed by atoms with van der Waals surface area (Å²) in [5.41, 5.74) is 3.67. The second kappa shape index (κ2) is 8.87. The lowest BCUT2D eigenvalue weighted by molar-refractivity contribution is 0.0745. The minimum atomic E-state index is -0.396. The van der Waals surface area contributed by atoms with Gasteiger partial charge in [-0.1, -0.05) is 6.07 Å². The summed E-state index contributed by atoms with van der Waals surface area (Å²) < 4.78 is 4.96. The van der Waals surface area contributed by atoms with E-state index in [9.17, 15) is 9.59 Å². The number of carbonyl (C=O) groups is 2. The molecule has 2 aromatic rings. The van der Waals surface area contributed by atoms with E-state index in [1.54, 1.807) is 12.3 Å². The predicted octanol–water partition coefficient (Wildman–Crippen LogP) is 2.74. The molecule has 2 aliphatic heterocycles. The summed E-state index contributed by atoms with van der Waals surface area (Å²) in [6, 6.07) is 3.91. The molecular formula is C21H26ClN5O3. The van der Waals surface area contributed by atoms with Crippen LogP contribution in [-0.4, -0.2) is 66.2 Å². The normalized spacial score (nSPS) is 16.4. The number of hydrogen-bond donors (Lipinski definition) is 0. The number of piperazine rings is 1. The van der Waals surface area contributed by atoms with Gasteiger partial charge in [-0.15, -0.1) is 12.4 Å². The fourth-order valence-corrected chi connectivity index (χ4v) is 3.85. The van der Waals surface area contributed by atoms with Crippen LogP contribution < -0.4 is 9.80 Å². The van der Waals surface area contributed by atoms with Crippen molar-refractivity contribution in [3.63, 3.8) is 0 Å². The third-order valence-electron chi connectivity index (χ3n) is 5.42. The first-order valence-electron chi connectivity index (χ1n) is 9.82. The second-order valence-electron chi connectivity index (χ2n) is 7.56. The number of carbonyl (C=O) groups excluding carboxylic acids is 2. The van der Waals surface area contributed by atoms with Crippen molar-refractivity contribution in [2.75, 3.05) is 49.1 Å². The number of hydrogen-bond acceptors (Lipinski definition) is 6. The van der Waals surface area contributed by atoms with Gasteiger partial charge >= 0.3 is 6.09 Å². The Kier molecular flexibility index (Phi) is 6.45.